The number of alkyl halides is 2. The van der Waals surface area contributed by atoms with Gasteiger partial charge in [0.25, 0.3) is 0 Å². The molecule has 19 heavy (non-hydrogen) atoms. The lowest BCUT2D eigenvalue weighted by atomic mass is 10.1. The molecule has 0 unspecified atom stereocenters. The first-order valence-corrected chi connectivity index (χ1v) is 4.65. The van der Waals surface area contributed by atoms with Crippen molar-refractivity contribution >= 4 is 17.7 Å². The maximum absolute atomic E-state index is 13.4. The van der Waals surface area contributed by atoms with Crippen molar-refractivity contribution in [3.63, 3.8) is 0 Å². The molecule has 1 aromatic carbocycles. The second-order valence-corrected chi connectivity index (χ2v) is 3.16. The van der Waals surface area contributed by atoms with Crippen molar-refractivity contribution in [1.82, 2.24) is 0 Å². The Labute approximate surface area is 103 Å². The van der Waals surface area contributed by atoms with E-state index in [4.69, 9.17) is 5.11 Å². The maximum Gasteiger partial charge on any atom is 0.387 e. The van der Waals surface area contributed by atoms with Gasteiger partial charge in [-0.2, -0.15) is 13.2 Å². The van der Waals surface area contributed by atoms with Crippen LogP contribution in [0.15, 0.2) is 18.2 Å². The van der Waals surface area contributed by atoms with E-state index in [0.29, 0.717) is 12.1 Å². The number of carboxylic acid groups (broad SMARTS) is 1. The predicted octanol–water partition coefficient (Wildman–Crippen LogP) is 2.43. The molecule has 0 fully saturated rings. The summed E-state index contributed by atoms with van der Waals surface area (Å²) in [5.41, 5.74) is -1.26. The summed E-state index contributed by atoms with van der Waals surface area (Å²) in [5.74, 6) is -3.95. The van der Waals surface area contributed by atoms with Gasteiger partial charge in [0.15, 0.2) is 5.75 Å². The molecular formula is C10H6F3NO5. The number of hydrogen-bond donors (Lipinski definition) is 1. The smallest absolute Gasteiger partial charge is 0.387 e. The molecule has 0 heterocycles. The highest BCUT2D eigenvalue weighted by molar-refractivity contribution is 5.85. The Morgan fingerprint density at radius 3 is 2.58 bits per heavy atom. The van der Waals surface area contributed by atoms with Crippen molar-refractivity contribution in [3.05, 3.63) is 39.7 Å². The number of nitrogens with zero attached hydrogens (tertiary/aromatic N) is 1. The summed E-state index contributed by atoms with van der Waals surface area (Å²) in [5, 5.41) is 18.9. The van der Waals surface area contributed by atoms with Crippen molar-refractivity contribution in [1.29, 1.82) is 0 Å². The number of nitro benzene ring substituents is 1. The Hall–Kier alpha value is -2.58. The predicted molar refractivity (Wildman–Crippen MR) is 56.4 cm³/mol. The lowest BCUT2D eigenvalue weighted by Gasteiger charge is -2.07. The topological polar surface area (TPSA) is 89.7 Å². The van der Waals surface area contributed by atoms with Crippen LogP contribution in [-0.4, -0.2) is 22.6 Å². The van der Waals surface area contributed by atoms with Gasteiger partial charge >= 0.3 is 18.3 Å². The van der Waals surface area contributed by atoms with Gasteiger partial charge < -0.3 is 9.84 Å². The zero-order chi connectivity index (χ0) is 14.6. The number of carbonyl (C=O) groups is 1. The van der Waals surface area contributed by atoms with E-state index in [0.717, 1.165) is 12.1 Å². The van der Waals surface area contributed by atoms with Crippen LogP contribution < -0.4 is 4.74 Å². The molecule has 0 bridgehead atoms. The molecule has 102 valence electrons. The monoisotopic (exact) mass is 277 g/mol. The average Bonchev–Trinajstić information content (AvgIpc) is 2.28. The zero-order valence-electron chi connectivity index (χ0n) is 9.05. The molecule has 0 radical (unpaired) electrons. The van der Waals surface area contributed by atoms with Gasteiger partial charge in [-0.05, 0) is 17.7 Å². The lowest BCUT2D eigenvalue weighted by Crippen LogP contribution is -2.05. The van der Waals surface area contributed by atoms with Gasteiger partial charge in [0.05, 0.1) is 4.92 Å². The molecule has 6 nitrogen and oxygen atoms in total. The van der Waals surface area contributed by atoms with E-state index < -0.39 is 34.8 Å². The van der Waals surface area contributed by atoms with Crippen molar-refractivity contribution in [2.75, 3.05) is 0 Å². The third-order valence-electron chi connectivity index (χ3n) is 1.87. The Bertz CT molecular complexity index is 544. The summed E-state index contributed by atoms with van der Waals surface area (Å²) in [6.45, 7) is -3.37. The van der Waals surface area contributed by atoms with Gasteiger partial charge in [-0.1, -0.05) is 0 Å². The molecule has 1 aromatic rings. The largest absolute Gasteiger partial charge is 0.478 e. The molecule has 9 heteroatoms. The number of hydrogen-bond acceptors (Lipinski definition) is 4. The third kappa shape index (κ3) is 3.98. The highest BCUT2D eigenvalue weighted by atomic mass is 19.3. The Morgan fingerprint density at radius 2 is 2.11 bits per heavy atom. The molecular weight excluding hydrogens is 271 g/mol. The fraction of sp³-hybridized carbons (Fsp3) is 0.100. The van der Waals surface area contributed by atoms with Crippen LogP contribution in [0.4, 0.5) is 18.9 Å². The third-order valence-corrected chi connectivity index (χ3v) is 1.87. The van der Waals surface area contributed by atoms with E-state index in [2.05, 4.69) is 4.74 Å². The summed E-state index contributed by atoms with van der Waals surface area (Å²) in [7, 11) is 0. The minimum atomic E-state index is -3.37. The summed E-state index contributed by atoms with van der Waals surface area (Å²) in [6.07, 6.45) is 1.50. The highest BCUT2D eigenvalue weighted by Gasteiger charge is 2.22. The number of nitro groups is 1. The van der Waals surface area contributed by atoms with Gasteiger partial charge in [-0.15, -0.1) is 0 Å². The first-order chi connectivity index (χ1) is 8.81. The minimum Gasteiger partial charge on any atom is -0.478 e. The number of rotatable bonds is 5. The Kier molecular flexibility index (Phi) is 4.46. The summed E-state index contributed by atoms with van der Waals surface area (Å²) in [4.78, 5) is 19.7. The molecule has 0 saturated carbocycles. The molecule has 0 aliphatic carbocycles. The van der Waals surface area contributed by atoms with Crippen molar-refractivity contribution < 1.29 is 32.7 Å². The molecule has 1 rings (SSSR count). The quantitative estimate of drug-likeness (QED) is 0.507. The van der Waals surface area contributed by atoms with Crippen molar-refractivity contribution in [2.24, 2.45) is 0 Å². The fourth-order valence-electron chi connectivity index (χ4n) is 1.18. The number of carboxylic acids is 1. The maximum atomic E-state index is 13.4. The second-order valence-electron chi connectivity index (χ2n) is 3.16. The van der Waals surface area contributed by atoms with E-state index in [1.165, 1.54) is 0 Å². The van der Waals surface area contributed by atoms with Gasteiger partial charge in [-0.25, -0.2) is 4.79 Å². The average molecular weight is 277 g/mol. The number of halogens is 3. The van der Waals surface area contributed by atoms with E-state index in [1.54, 1.807) is 0 Å². The second kappa shape index (κ2) is 5.85. The molecule has 0 atom stereocenters. The summed E-state index contributed by atoms with van der Waals surface area (Å²) < 4.78 is 41.2. The van der Waals surface area contributed by atoms with Gasteiger partial charge in [0, 0.05) is 12.1 Å². The van der Waals surface area contributed by atoms with E-state index >= 15 is 0 Å². The number of benzene rings is 1. The fourth-order valence-corrected chi connectivity index (χ4v) is 1.18. The molecule has 0 amide bonds. The van der Waals surface area contributed by atoms with Crippen LogP contribution in [0.5, 0.6) is 5.75 Å². The van der Waals surface area contributed by atoms with E-state index in [-0.39, 0.29) is 5.56 Å². The SMILES string of the molecule is O=C(O)/C=C/c1cc(OC(F)F)c(F)c([N+](=O)[O-])c1. The summed E-state index contributed by atoms with van der Waals surface area (Å²) >= 11 is 0. The number of ether oxygens (including phenoxy) is 1. The zero-order valence-corrected chi connectivity index (χ0v) is 9.05. The lowest BCUT2D eigenvalue weighted by molar-refractivity contribution is -0.387. The molecule has 1 N–H and O–H groups in total. The van der Waals surface area contributed by atoms with Crippen LogP contribution in [0.2, 0.25) is 0 Å². The van der Waals surface area contributed by atoms with Crippen LogP contribution in [0.25, 0.3) is 6.08 Å². The van der Waals surface area contributed by atoms with Crippen LogP contribution in [0.3, 0.4) is 0 Å². The highest BCUT2D eigenvalue weighted by Crippen LogP contribution is 2.30. The van der Waals surface area contributed by atoms with Gasteiger partial charge in [0.1, 0.15) is 0 Å². The molecule has 0 aliphatic rings. The van der Waals surface area contributed by atoms with Gasteiger partial charge in [-0.3, -0.25) is 10.1 Å². The standard InChI is InChI=1S/C10H6F3NO5/c11-9-6(14(17)18)3-5(1-2-8(15)16)4-7(9)19-10(12)13/h1-4,10H,(H,15,16)/b2-1+. The molecule has 0 saturated heterocycles. The van der Waals surface area contributed by atoms with E-state index in [9.17, 15) is 28.1 Å². The van der Waals surface area contributed by atoms with Crippen LogP contribution in [-0.2, 0) is 4.79 Å². The van der Waals surface area contributed by atoms with Crippen molar-refractivity contribution in [2.45, 2.75) is 6.61 Å². The normalized spacial score (nSPS) is 10.9. The first kappa shape index (κ1) is 14.5. The minimum absolute atomic E-state index is 0.161. The van der Waals surface area contributed by atoms with Crippen LogP contribution >= 0.6 is 0 Å². The molecule has 0 aliphatic heterocycles. The van der Waals surface area contributed by atoms with Crippen LogP contribution in [0.1, 0.15) is 5.56 Å². The Balaban J connectivity index is 3.30. The van der Waals surface area contributed by atoms with Crippen molar-refractivity contribution in [3.8, 4) is 5.75 Å². The molecule has 0 spiro atoms. The van der Waals surface area contributed by atoms with Crippen LogP contribution in [0, 0.1) is 15.9 Å². The molecule has 0 aromatic heterocycles. The number of aliphatic carboxylic acids is 1. The Morgan fingerprint density at radius 1 is 1.47 bits per heavy atom. The van der Waals surface area contributed by atoms with Gasteiger partial charge in [0.2, 0.25) is 5.82 Å². The van der Waals surface area contributed by atoms with E-state index in [1.807, 2.05) is 0 Å². The summed E-state index contributed by atoms with van der Waals surface area (Å²) in [6, 6.07) is 1.43. The first-order valence-electron chi connectivity index (χ1n) is 4.65.